The smallest absolute Gasteiger partial charge is 0.186 e. The van der Waals surface area contributed by atoms with Crippen molar-refractivity contribution < 1.29 is 0 Å². The predicted molar refractivity (Wildman–Crippen MR) is 120 cm³/mol. The van der Waals surface area contributed by atoms with E-state index in [1.165, 1.54) is 11.1 Å². The summed E-state index contributed by atoms with van der Waals surface area (Å²) in [6.07, 6.45) is 5.47. The monoisotopic (exact) mass is 443 g/mol. The molecule has 0 aliphatic carbocycles. The molecule has 0 spiro atoms. The van der Waals surface area contributed by atoms with Crippen LogP contribution in [0.5, 0.6) is 0 Å². The van der Waals surface area contributed by atoms with Crippen molar-refractivity contribution >= 4 is 11.8 Å². The van der Waals surface area contributed by atoms with Crippen molar-refractivity contribution in [2.24, 2.45) is 0 Å². The molecule has 0 radical (unpaired) electrons. The molecule has 2 aromatic carbocycles. The number of nitrogens with zero attached hydrogens (tertiary/aromatic N) is 9. The van der Waals surface area contributed by atoms with Gasteiger partial charge < -0.3 is 0 Å². The molecule has 5 rings (SSSR count). The third kappa shape index (κ3) is 5.09. The van der Waals surface area contributed by atoms with Crippen LogP contribution >= 0.6 is 11.8 Å². The standard InChI is InChI=1S/C22H21N9S/c1-3-7-18(8-4-1)11-29-13-20(25-27-29)15-31-22(23-17-24-31)32-16-21-14-30(28-26-21)12-19-9-5-2-6-10-19/h1-10,13-14,17H,11-12,15-16H2. The highest BCUT2D eigenvalue weighted by atomic mass is 32.2. The third-order valence-corrected chi connectivity index (χ3v) is 5.80. The van der Waals surface area contributed by atoms with E-state index in [-0.39, 0.29) is 0 Å². The van der Waals surface area contributed by atoms with Crippen molar-refractivity contribution in [3.05, 3.63) is 102 Å². The van der Waals surface area contributed by atoms with Crippen molar-refractivity contribution in [2.75, 3.05) is 0 Å². The zero-order valence-corrected chi connectivity index (χ0v) is 18.1. The Labute approximate surface area is 189 Å². The minimum atomic E-state index is 0.512. The largest absolute Gasteiger partial charge is 0.248 e. The highest BCUT2D eigenvalue weighted by Crippen LogP contribution is 2.20. The average Bonchev–Trinajstić information content (AvgIpc) is 3.56. The van der Waals surface area contributed by atoms with Gasteiger partial charge in [-0.25, -0.2) is 19.0 Å². The van der Waals surface area contributed by atoms with Crippen molar-refractivity contribution in [3.8, 4) is 0 Å². The van der Waals surface area contributed by atoms with Gasteiger partial charge >= 0.3 is 0 Å². The summed E-state index contributed by atoms with van der Waals surface area (Å²) in [5.74, 6) is 0.661. The summed E-state index contributed by atoms with van der Waals surface area (Å²) in [6, 6.07) is 20.4. The topological polar surface area (TPSA) is 92.1 Å². The SMILES string of the molecule is c1ccc(Cn2cc(CSc3ncnn3Cc3cn(Cc4ccccc4)nn3)nn2)cc1. The highest BCUT2D eigenvalue weighted by Gasteiger charge is 2.11. The highest BCUT2D eigenvalue weighted by molar-refractivity contribution is 7.98. The van der Waals surface area contributed by atoms with Crippen LogP contribution in [0.4, 0.5) is 0 Å². The minimum absolute atomic E-state index is 0.512. The van der Waals surface area contributed by atoms with Gasteiger partial charge in [0, 0.05) is 11.9 Å². The summed E-state index contributed by atoms with van der Waals surface area (Å²) in [5, 5.41) is 22.2. The molecule has 0 fully saturated rings. The molecule has 3 heterocycles. The lowest BCUT2D eigenvalue weighted by molar-refractivity contribution is 0.606. The number of aromatic nitrogens is 9. The first kappa shape index (κ1) is 20.1. The van der Waals surface area contributed by atoms with Gasteiger partial charge in [0.1, 0.15) is 12.0 Å². The molecule has 0 amide bonds. The van der Waals surface area contributed by atoms with Crippen molar-refractivity contribution in [1.29, 1.82) is 0 Å². The lowest BCUT2D eigenvalue weighted by Gasteiger charge is -2.02. The Bertz CT molecular complexity index is 1260. The molecule has 0 bridgehead atoms. The van der Waals surface area contributed by atoms with Crippen molar-refractivity contribution in [3.63, 3.8) is 0 Å². The molecule has 5 aromatic rings. The molecule has 0 saturated carbocycles. The lowest BCUT2D eigenvalue weighted by Crippen LogP contribution is -2.04. The molecule has 10 heteroatoms. The molecule has 0 aliphatic heterocycles. The molecule has 32 heavy (non-hydrogen) atoms. The quantitative estimate of drug-likeness (QED) is 0.323. The lowest BCUT2D eigenvalue weighted by atomic mass is 10.2. The Kier molecular flexibility index (Phi) is 6.02. The van der Waals surface area contributed by atoms with Gasteiger partial charge in [0.05, 0.1) is 31.5 Å². The second-order valence-corrected chi connectivity index (χ2v) is 8.22. The Morgan fingerprint density at radius 1 is 0.688 bits per heavy atom. The minimum Gasteiger partial charge on any atom is -0.248 e. The molecule has 0 aliphatic rings. The fraction of sp³-hybridized carbons (Fsp3) is 0.182. The van der Waals surface area contributed by atoms with E-state index >= 15 is 0 Å². The summed E-state index contributed by atoms with van der Waals surface area (Å²) >= 11 is 1.57. The van der Waals surface area contributed by atoms with E-state index in [1.54, 1.807) is 18.1 Å². The van der Waals surface area contributed by atoms with E-state index < -0.39 is 0 Å². The van der Waals surface area contributed by atoms with Crippen molar-refractivity contribution in [2.45, 2.75) is 30.5 Å². The number of hydrogen-bond acceptors (Lipinski definition) is 7. The normalized spacial score (nSPS) is 11.1. The fourth-order valence-corrected chi connectivity index (χ4v) is 4.07. The van der Waals surface area contributed by atoms with Gasteiger partial charge in [0.15, 0.2) is 5.16 Å². The molecule has 0 atom stereocenters. The second kappa shape index (κ2) is 9.56. The van der Waals surface area contributed by atoms with Gasteiger partial charge in [-0.2, -0.15) is 5.10 Å². The summed E-state index contributed by atoms with van der Waals surface area (Å²) in [5.41, 5.74) is 4.11. The van der Waals surface area contributed by atoms with E-state index in [2.05, 4.69) is 55.0 Å². The molecular formula is C22H21N9S. The molecule has 0 saturated heterocycles. The van der Waals surface area contributed by atoms with Crippen LogP contribution in [0.2, 0.25) is 0 Å². The van der Waals surface area contributed by atoms with Crippen LogP contribution in [-0.2, 0) is 25.4 Å². The van der Waals surface area contributed by atoms with Gasteiger partial charge in [-0.3, -0.25) is 0 Å². The Morgan fingerprint density at radius 2 is 1.28 bits per heavy atom. The van der Waals surface area contributed by atoms with Gasteiger partial charge in [-0.05, 0) is 11.1 Å². The van der Waals surface area contributed by atoms with Crippen LogP contribution in [0.25, 0.3) is 0 Å². The molecule has 160 valence electrons. The number of hydrogen-bond donors (Lipinski definition) is 0. The van der Waals surface area contributed by atoms with Crippen LogP contribution in [0.15, 0.2) is 84.5 Å². The Hall–Kier alpha value is -3.79. The van der Waals surface area contributed by atoms with E-state index in [0.717, 1.165) is 16.5 Å². The number of rotatable bonds is 9. The van der Waals surface area contributed by atoms with Crippen LogP contribution < -0.4 is 0 Å². The Morgan fingerprint density at radius 3 is 1.94 bits per heavy atom. The zero-order chi connectivity index (χ0) is 21.6. The molecule has 0 N–H and O–H groups in total. The van der Waals surface area contributed by atoms with Crippen molar-refractivity contribution in [1.82, 2.24) is 44.8 Å². The second-order valence-electron chi connectivity index (χ2n) is 7.28. The maximum atomic E-state index is 4.38. The Balaban J connectivity index is 1.18. The van der Waals surface area contributed by atoms with E-state index in [9.17, 15) is 0 Å². The zero-order valence-electron chi connectivity index (χ0n) is 17.3. The summed E-state index contributed by atoms with van der Waals surface area (Å²) < 4.78 is 5.51. The van der Waals surface area contributed by atoms with Crippen LogP contribution in [-0.4, -0.2) is 44.8 Å². The fourth-order valence-electron chi connectivity index (χ4n) is 3.28. The molecule has 9 nitrogen and oxygen atoms in total. The van der Waals surface area contributed by atoms with Gasteiger partial charge in [-0.1, -0.05) is 82.9 Å². The average molecular weight is 444 g/mol. The van der Waals surface area contributed by atoms with Crippen LogP contribution in [0.1, 0.15) is 22.5 Å². The maximum absolute atomic E-state index is 4.38. The summed E-state index contributed by atoms with van der Waals surface area (Å²) in [7, 11) is 0. The van der Waals surface area contributed by atoms with E-state index in [1.807, 2.05) is 62.8 Å². The maximum Gasteiger partial charge on any atom is 0.186 e. The van der Waals surface area contributed by atoms with Gasteiger partial charge in [0.25, 0.3) is 0 Å². The molecule has 3 aromatic heterocycles. The first-order valence-corrected chi connectivity index (χ1v) is 11.2. The summed E-state index contributed by atoms with van der Waals surface area (Å²) in [6.45, 7) is 1.90. The van der Waals surface area contributed by atoms with Crippen LogP contribution in [0.3, 0.4) is 0 Å². The number of benzene rings is 2. The first-order valence-electron chi connectivity index (χ1n) is 10.2. The van der Waals surface area contributed by atoms with Crippen LogP contribution in [0, 0.1) is 0 Å². The first-order chi connectivity index (χ1) is 15.8. The predicted octanol–water partition coefficient (Wildman–Crippen LogP) is 2.90. The molecule has 0 unspecified atom stereocenters. The third-order valence-electron chi connectivity index (χ3n) is 4.79. The summed E-state index contributed by atoms with van der Waals surface area (Å²) in [4.78, 5) is 4.38. The van der Waals surface area contributed by atoms with E-state index in [0.29, 0.717) is 25.4 Å². The van der Waals surface area contributed by atoms with Gasteiger partial charge in [0.2, 0.25) is 0 Å². The van der Waals surface area contributed by atoms with E-state index in [4.69, 9.17) is 0 Å². The number of thioether (sulfide) groups is 1. The van der Waals surface area contributed by atoms with Gasteiger partial charge in [-0.15, -0.1) is 10.2 Å². The molecular weight excluding hydrogens is 422 g/mol.